The average molecular weight is 838 g/mol. The molecule has 0 atom stereocenters. The van der Waals surface area contributed by atoms with Crippen LogP contribution in [0.2, 0.25) is 19.6 Å². The monoisotopic (exact) mass is 838 g/mol. The van der Waals surface area contributed by atoms with Crippen molar-refractivity contribution in [2.45, 2.75) is 66.1 Å². The van der Waals surface area contributed by atoms with Crippen molar-refractivity contribution in [3.63, 3.8) is 0 Å². The van der Waals surface area contributed by atoms with Gasteiger partial charge >= 0.3 is 0 Å². The Bertz CT molecular complexity index is 2180. The van der Waals surface area contributed by atoms with Crippen LogP contribution < -0.4 is 5.19 Å². The zero-order chi connectivity index (χ0) is 34.0. The van der Waals surface area contributed by atoms with Gasteiger partial charge in [0.25, 0.3) is 0 Å². The Hall–Kier alpha value is -4.22. The molecule has 0 bridgehead atoms. The Morgan fingerprint density at radius 2 is 1.47 bits per heavy atom. The Kier molecular flexibility index (Phi) is 11.1. The van der Waals surface area contributed by atoms with Gasteiger partial charge in [-0.3, -0.25) is 0 Å². The van der Waals surface area contributed by atoms with Gasteiger partial charge in [0.05, 0.1) is 13.7 Å². The molecule has 4 heterocycles. The molecular formula is C43H43IrN3OSi-2. The van der Waals surface area contributed by atoms with E-state index in [0.29, 0.717) is 17.5 Å². The molecule has 0 spiro atoms. The third-order valence-electron chi connectivity index (χ3n) is 8.73. The first-order valence-corrected chi connectivity index (χ1v) is 20.2. The van der Waals surface area contributed by atoms with Crippen LogP contribution in [0.5, 0.6) is 0 Å². The summed E-state index contributed by atoms with van der Waals surface area (Å²) in [5.41, 5.74) is 11.5. The first-order valence-electron chi connectivity index (χ1n) is 16.7. The van der Waals surface area contributed by atoms with Crippen molar-refractivity contribution in [3.05, 3.63) is 132 Å². The molecule has 0 aliphatic heterocycles. The van der Waals surface area contributed by atoms with E-state index < -0.39 is 8.07 Å². The second kappa shape index (κ2) is 15.1. The maximum Gasteiger partial charge on any atom is 0.216 e. The number of furan rings is 1. The number of aryl methyl sites for hydroxylation is 1. The van der Waals surface area contributed by atoms with E-state index in [1.807, 2.05) is 49.5 Å². The third kappa shape index (κ3) is 7.99. The predicted molar refractivity (Wildman–Crippen MR) is 203 cm³/mol. The number of hydrogen-bond acceptors (Lipinski definition) is 4. The van der Waals surface area contributed by atoms with E-state index in [2.05, 4.69) is 130 Å². The Morgan fingerprint density at radius 3 is 2.14 bits per heavy atom. The minimum Gasteiger partial charge on any atom is -0.486 e. The van der Waals surface area contributed by atoms with E-state index in [4.69, 9.17) is 9.40 Å². The topological polar surface area (TPSA) is 51.8 Å². The molecule has 7 rings (SSSR count). The predicted octanol–water partition coefficient (Wildman–Crippen LogP) is 11.2. The molecule has 0 unspecified atom stereocenters. The largest absolute Gasteiger partial charge is 0.486 e. The van der Waals surface area contributed by atoms with Crippen LogP contribution in [-0.4, -0.2) is 23.0 Å². The fourth-order valence-corrected chi connectivity index (χ4v) is 7.36. The van der Waals surface area contributed by atoms with Crippen LogP contribution in [0.15, 0.2) is 108 Å². The van der Waals surface area contributed by atoms with Crippen molar-refractivity contribution in [1.29, 1.82) is 0 Å². The summed E-state index contributed by atoms with van der Waals surface area (Å²) in [7, 11) is -1.49. The summed E-state index contributed by atoms with van der Waals surface area (Å²) in [5, 5.41) is 3.49. The van der Waals surface area contributed by atoms with Crippen molar-refractivity contribution >= 4 is 35.3 Å². The summed E-state index contributed by atoms with van der Waals surface area (Å²) < 4.78 is 6.04. The molecule has 0 aliphatic carbocycles. The summed E-state index contributed by atoms with van der Waals surface area (Å²) in [4.78, 5) is 13.8. The molecule has 3 aromatic carbocycles. The molecule has 0 N–H and O–H groups in total. The molecule has 7 aromatic rings. The van der Waals surface area contributed by atoms with Gasteiger partial charge < -0.3 is 14.4 Å². The summed E-state index contributed by atoms with van der Waals surface area (Å²) >= 11 is 0. The summed E-state index contributed by atoms with van der Waals surface area (Å²) in [5.74, 6) is 1.01. The minimum atomic E-state index is -1.49. The minimum absolute atomic E-state index is 0. The Balaban J connectivity index is 0.000000188. The molecule has 49 heavy (non-hydrogen) atoms. The van der Waals surface area contributed by atoms with E-state index in [1.54, 1.807) is 0 Å². The maximum absolute atomic E-state index is 6.04. The maximum atomic E-state index is 6.04. The zero-order valence-electron chi connectivity index (χ0n) is 29.6. The van der Waals surface area contributed by atoms with E-state index in [1.165, 1.54) is 27.4 Å². The van der Waals surface area contributed by atoms with Gasteiger partial charge in [0.1, 0.15) is 0 Å². The Morgan fingerprint density at radius 1 is 0.714 bits per heavy atom. The molecular weight excluding hydrogens is 795 g/mol. The van der Waals surface area contributed by atoms with Crippen LogP contribution >= 0.6 is 0 Å². The van der Waals surface area contributed by atoms with Crippen molar-refractivity contribution in [2.24, 2.45) is 0 Å². The van der Waals surface area contributed by atoms with Gasteiger partial charge in [0, 0.05) is 43.6 Å². The zero-order valence-corrected chi connectivity index (χ0v) is 32.9. The van der Waals surface area contributed by atoms with Crippen molar-refractivity contribution < 1.29 is 24.5 Å². The van der Waals surface area contributed by atoms with Gasteiger partial charge in [-0.25, -0.2) is 4.98 Å². The number of nitrogens with zero attached hydrogens (tertiary/aromatic N) is 3. The summed E-state index contributed by atoms with van der Waals surface area (Å²) in [6, 6.07) is 38.1. The Labute approximate surface area is 305 Å². The SMILES string of the molecule is CC(C)c1ccc(-c2cc(-c3[c-]cccc3)ncc2[Si](C)(C)C)cc1.Cc1ccc2c(n1)oc1c(-c3cc(C(C)C)ccn3)[c-]ccc12.[Ir]. The number of hydrogen-bond donors (Lipinski definition) is 0. The molecule has 251 valence electrons. The van der Waals surface area contributed by atoms with Crippen molar-refractivity contribution in [1.82, 2.24) is 15.0 Å². The second-order valence-corrected chi connectivity index (χ2v) is 19.1. The fourth-order valence-electron chi connectivity index (χ4n) is 5.89. The average Bonchev–Trinajstić information content (AvgIpc) is 3.46. The molecule has 4 aromatic heterocycles. The molecule has 0 aliphatic rings. The van der Waals surface area contributed by atoms with Gasteiger partial charge in [-0.2, -0.15) is 0 Å². The molecule has 1 radical (unpaired) electrons. The number of benzene rings is 3. The first kappa shape index (κ1) is 36.1. The van der Waals surface area contributed by atoms with E-state index in [-0.39, 0.29) is 20.1 Å². The van der Waals surface area contributed by atoms with Crippen LogP contribution in [0.3, 0.4) is 0 Å². The van der Waals surface area contributed by atoms with E-state index >= 15 is 0 Å². The van der Waals surface area contributed by atoms with Crippen LogP contribution in [-0.2, 0) is 20.1 Å². The molecule has 0 saturated carbocycles. The molecule has 0 fully saturated rings. The smallest absolute Gasteiger partial charge is 0.216 e. The standard InChI is InChI=1S/C23H26NSi.C20H17N2O.Ir/c1-17(2)18-11-13-19(14-12-18)21-15-22(20-9-7-6-8-10-20)24-16-23(21)25(3,4)5;1-12(2)14-9-10-21-18(11-14)17-6-4-5-15-16-8-7-13(3)22-20(16)23-19(15)17;/h6-9,11-17H,1-5H3;4-5,7-12H,1-3H3;/q2*-1;. The van der Waals surface area contributed by atoms with Gasteiger partial charge in [-0.15, -0.1) is 54.1 Å². The van der Waals surface area contributed by atoms with Crippen molar-refractivity contribution in [2.75, 3.05) is 0 Å². The molecule has 0 saturated heterocycles. The van der Waals surface area contributed by atoms with Gasteiger partial charge in [0.15, 0.2) is 0 Å². The molecule has 6 heteroatoms. The number of aromatic nitrogens is 3. The number of rotatable bonds is 6. The van der Waals surface area contributed by atoms with Crippen LogP contribution in [0.25, 0.3) is 55.7 Å². The summed E-state index contributed by atoms with van der Waals surface area (Å²) in [6.45, 7) is 17.9. The van der Waals surface area contributed by atoms with Gasteiger partial charge in [-0.1, -0.05) is 100 Å². The molecule has 0 amide bonds. The van der Waals surface area contributed by atoms with E-state index in [0.717, 1.165) is 44.6 Å². The first-order chi connectivity index (χ1) is 23.0. The van der Waals surface area contributed by atoms with Gasteiger partial charge in [-0.05, 0) is 70.2 Å². The second-order valence-electron chi connectivity index (χ2n) is 14.1. The number of fused-ring (bicyclic) bond motifs is 3. The van der Waals surface area contributed by atoms with E-state index in [9.17, 15) is 0 Å². The van der Waals surface area contributed by atoms with Crippen molar-refractivity contribution in [3.8, 4) is 33.6 Å². The molecule has 4 nitrogen and oxygen atoms in total. The third-order valence-corrected chi connectivity index (χ3v) is 10.7. The quantitative estimate of drug-likeness (QED) is 0.124. The summed E-state index contributed by atoms with van der Waals surface area (Å²) in [6.07, 6.45) is 3.94. The van der Waals surface area contributed by atoms with Crippen LogP contribution in [0.4, 0.5) is 0 Å². The number of pyridine rings is 3. The van der Waals surface area contributed by atoms with Crippen LogP contribution in [0.1, 0.15) is 56.4 Å². The normalized spacial score (nSPS) is 11.5. The van der Waals surface area contributed by atoms with Crippen LogP contribution in [0, 0.1) is 19.1 Å². The fraction of sp³-hybridized carbons (Fsp3) is 0.233. The van der Waals surface area contributed by atoms with Gasteiger partial charge in [0.2, 0.25) is 5.71 Å².